The summed E-state index contributed by atoms with van der Waals surface area (Å²) < 4.78 is 0.741. The number of carboxylic acid groups (broad SMARTS) is 1. The third-order valence-electron chi connectivity index (χ3n) is 2.94. The Hall–Kier alpha value is -2.18. The fraction of sp³-hybridized carbons (Fsp3) is 0.0714. The Labute approximate surface area is 129 Å². The maximum Gasteiger partial charge on any atom is 0.335 e. The second-order valence-electron chi connectivity index (χ2n) is 4.32. The molecule has 0 unspecified atom stereocenters. The third-order valence-corrected chi connectivity index (χ3v) is 4.17. The van der Waals surface area contributed by atoms with E-state index in [0.29, 0.717) is 17.9 Å². The number of nitrogens with zero attached hydrogens (tertiary/aromatic N) is 2. The van der Waals surface area contributed by atoms with Crippen LogP contribution in [-0.2, 0) is 6.54 Å². The fourth-order valence-electron chi connectivity index (χ4n) is 1.95. The van der Waals surface area contributed by atoms with Crippen molar-refractivity contribution in [2.24, 2.45) is 0 Å². The van der Waals surface area contributed by atoms with E-state index in [9.17, 15) is 4.79 Å². The highest BCUT2D eigenvalue weighted by molar-refractivity contribution is 7.16. The van der Waals surface area contributed by atoms with Crippen molar-refractivity contribution in [1.82, 2.24) is 9.97 Å². The molecule has 2 N–H and O–H groups in total. The van der Waals surface area contributed by atoms with E-state index in [-0.39, 0.29) is 5.56 Å². The Morgan fingerprint density at radius 3 is 2.86 bits per heavy atom. The zero-order valence-corrected chi connectivity index (χ0v) is 12.3. The second kappa shape index (κ2) is 5.67. The number of rotatable bonds is 4. The molecule has 0 atom stereocenters. The van der Waals surface area contributed by atoms with Gasteiger partial charge in [-0.25, -0.2) is 14.8 Å². The van der Waals surface area contributed by atoms with Crippen molar-refractivity contribution in [2.45, 2.75) is 6.54 Å². The van der Waals surface area contributed by atoms with Crippen molar-refractivity contribution in [3.05, 3.63) is 51.4 Å². The number of aromatic carboxylic acids is 1. The zero-order valence-electron chi connectivity index (χ0n) is 10.7. The molecule has 7 heteroatoms. The van der Waals surface area contributed by atoms with Gasteiger partial charge in [0.2, 0.25) is 0 Å². The first-order valence-electron chi connectivity index (χ1n) is 6.09. The van der Waals surface area contributed by atoms with Crippen molar-refractivity contribution in [1.29, 1.82) is 0 Å². The number of aromatic nitrogens is 2. The minimum atomic E-state index is -0.974. The number of fused-ring (bicyclic) bond motifs is 1. The van der Waals surface area contributed by atoms with Gasteiger partial charge in [0.1, 0.15) is 12.1 Å². The number of carboxylic acids is 1. The number of thiophene rings is 1. The average molecular weight is 320 g/mol. The molecule has 0 spiro atoms. The Balaban J connectivity index is 1.90. The molecule has 0 fully saturated rings. The number of benzene rings is 1. The first-order valence-corrected chi connectivity index (χ1v) is 7.29. The standard InChI is InChI=1S/C14H10ClN3O2S/c15-12-4-2-9(21-12)6-16-13-10-3-1-8(14(19)20)5-11(10)17-7-18-13/h1-5,7H,6H2,(H,19,20)(H,16,17,18). The van der Waals surface area contributed by atoms with Gasteiger partial charge in [-0.15, -0.1) is 11.3 Å². The molecule has 0 saturated carbocycles. The minimum Gasteiger partial charge on any atom is -0.478 e. The molecule has 3 rings (SSSR count). The van der Waals surface area contributed by atoms with Gasteiger partial charge < -0.3 is 10.4 Å². The van der Waals surface area contributed by atoms with Gasteiger partial charge in [-0.05, 0) is 30.3 Å². The van der Waals surface area contributed by atoms with Gasteiger partial charge in [0.15, 0.2) is 0 Å². The van der Waals surface area contributed by atoms with Crippen molar-refractivity contribution in [3.63, 3.8) is 0 Å². The normalized spacial score (nSPS) is 10.7. The molecule has 21 heavy (non-hydrogen) atoms. The first-order chi connectivity index (χ1) is 10.1. The summed E-state index contributed by atoms with van der Waals surface area (Å²) in [5.74, 6) is -0.306. The summed E-state index contributed by atoms with van der Waals surface area (Å²) in [6.07, 6.45) is 1.41. The Bertz CT molecular complexity index is 819. The van der Waals surface area contributed by atoms with Crippen LogP contribution in [0.15, 0.2) is 36.7 Å². The van der Waals surface area contributed by atoms with Crippen molar-refractivity contribution in [3.8, 4) is 0 Å². The highest BCUT2D eigenvalue weighted by atomic mass is 35.5. The lowest BCUT2D eigenvalue weighted by Crippen LogP contribution is -2.02. The lowest BCUT2D eigenvalue weighted by atomic mass is 10.1. The Kier molecular flexibility index (Phi) is 3.72. The van der Waals surface area contributed by atoms with E-state index in [1.807, 2.05) is 12.1 Å². The number of carbonyl (C=O) groups is 1. The lowest BCUT2D eigenvalue weighted by molar-refractivity contribution is 0.0697. The summed E-state index contributed by atoms with van der Waals surface area (Å²) in [5, 5.41) is 13.0. The topological polar surface area (TPSA) is 75.1 Å². The molecule has 0 aliphatic heterocycles. The number of hydrogen-bond acceptors (Lipinski definition) is 5. The molecule has 2 heterocycles. The highest BCUT2D eigenvalue weighted by Gasteiger charge is 2.08. The van der Waals surface area contributed by atoms with Gasteiger partial charge >= 0.3 is 5.97 Å². The van der Waals surface area contributed by atoms with Gasteiger partial charge in [-0.2, -0.15) is 0 Å². The van der Waals surface area contributed by atoms with E-state index in [4.69, 9.17) is 16.7 Å². The molecule has 3 aromatic rings. The van der Waals surface area contributed by atoms with Crippen LogP contribution in [0.3, 0.4) is 0 Å². The lowest BCUT2D eigenvalue weighted by Gasteiger charge is -2.07. The van der Waals surface area contributed by atoms with Crippen LogP contribution in [0.2, 0.25) is 4.34 Å². The highest BCUT2D eigenvalue weighted by Crippen LogP contribution is 2.24. The second-order valence-corrected chi connectivity index (χ2v) is 6.12. The van der Waals surface area contributed by atoms with Gasteiger partial charge in [0.25, 0.3) is 0 Å². The molecule has 0 radical (unpaired) electrons. The van der Waals surface area contributed by atoms with E-state index in [1.165, 1.54) is 23.7 Å². The minimum absolute atomic E-state index is 0.206. The van der Waals surface area contributed by atoms with Crippen molar-refractivity contribution in [2.75, 3.05) is 5.32 Å². The predicted molar refractivity (Wildman–Crippen MR) is 83.2 cm³/mol. The number of nitrogens with one attached hydrogen (secondary N) is 1. The van der Waals surface area contributed by atoms with Crippen LogP contribution < -0.4 is 5.32 Å². The van der Waals surface area contributed by atoms with Crippen LogP contribution in [0.4, 0.5) is 5.82 Å². The van der Waals surface area contributed by atoms with Crippen LogP contribution >= 0.6 is 22.9 Å². The molecule has 106 valence electrons. The van der Waals surface area contributed by atoms with Gasteiger partial charge in [-0.3, -0.25) is 0 Å². The van der Waals surface area contributed by atoms with Crippen molar-refractivity contribution < 1.29 is 9.90 Å². The summed E-state index contributed by atoms with van der Waals surface area (Å²) in [5.41, 5.74) is 0.800. The van der Waals surface area contributed by atoms with Crippen LogP contribution in [0, 0.1) is 0 Å². The molecule has 0 bridgehead atoms. The summed E-state index contributed by atoms with van der Waals surface area (Å²) >= 11 is 7.39. The number of halogens is 1. The molecule has 0 aliphatic carbocycles. The van der Waals surface area contributed by atoms with Crippen LogP contribution in [0.25, 0.3) is 10.9 Å². The molecule has 0 saturated heterocycles. The maximum atomic E-state index is 11.0. The van der Waals surface area contributed by atoms with Gasteiger partial charge in [0.05, 0.1) is 22.0 Å². The number of anilines is 1. The molecule has 0 amide bonds. The van der Waals surface area contributed by atoms with E-state index >= 15 is 0 Å². The first kappa shape index (κ1) is 13.8. The number of hydrogen-bond donors (Lipinski definition) is 2. The Morgan fingerprint density at radius 1 is 1.29 bits per heavy atom. The molecule has 5 nitrogen and oxygen atoms in total. The van der Waals surface area contributed by atoms with E-state index < -0.39 is 5.97 Å². The molecular formula is C14H10ClN3O2S. The van der Waals surface area contributed by atoms with Crippen LogP contribution in [-0.4, -0.2) is 21.0 Å². The van der Waals surface area contributed by atoms with E-state index in [0.717, 1.165) is 14.6 Å². The average Bonchev–Trinajstić information content (AvgIpc) is 2.90. The largest absolute Gasteiger partial charge is 0.478 e. The molecule has 0 aliphatic rings. The molecule has 1 aromatic carbocycles. The quantitative estimate of drug-likeness (QED) is 0.767. The fourth-order valence-corrected chi connectivity index (χ4v) is 2.98. The maximum absolute atomic E-state index is 11.0. The van der Waals surface area contributed by atoms with Gasteiger partial charge in [0, 0.05) is 10.3 Å². The third kappa shape index (κ3) is 2.96. The summed E-state index contributed by atoms with van der Waals surface area (Å²) in [4.78, 5) is 20.4. The van der Waals surface area contributed by atoms with E-state index in [2.05, 4.69) is 15.3 Å². The monoisotopic (exact) mass is 319 g/mol. The zero-order chi connectivity index (χ0) is 14.8. The van der Waals surface area contributed by atoms with Gasteiger partial charge in [-0.1, -0.05) is 11.6 Å². The molecular weight excluding hydrogens is 310 g/mol. The molecule has 2 aromatic heterocycles. The van der Waals surface area contributed by atoms with Crippen LogP contribution in [0.5, 0.6) is 0 Å². The van der Waals surface area contributed by atoms with E-state index in [1.54, 1.807) is 12.1 Å². The van der Waals surface area contributed by atoms with Crippen LogP contribution in [0.1, 0.15) is 15.2 Å². The van der Waals surface area contributed by atoms with Crippen molar-refractivity contribution >= 4 is 45.6 Å². The summed E-state index contributed by atoms with van der Waals surface area (Å²) in [6, 6.07) is 8.59. The summed E-state index contributed by atoms with van der Waals surface area (Å²) in [7, 11) is 0. The Morgan fingerprint density at radius 2 is 2.14 bits per heavy atom. The predicted octanol–water partition coefficient (Wildman–Crippen LogP) is 3.66. The smallest absolute Gasteiger partial charge is 0.335 e. The summed E-state index contributed by atoms with van der Waals surface area (Å²) in [6.45, 7) is 0.601. The SMILES string of the molecule is O=C(O)c1ccc2c(NCc3ccc(Cl)s3)ncnc2c1.